The molecule has 25 heavy (non-hydrogen) atoms. The molecule has 0 atom stereocenters. The lowest BCUT2D eigenvalue weighted by Crippen LogP contribution is -2.09. The van der Waals surface area contributed by atoms with Crippen LogP contribution in [0.15, 0.2) is 48.5 Å². The van der Waals surface area contributed by atoms with Gasteiger partial charge in [-0.15, -0.1) is 0 Å². The molecule has 2 aromatic carbocycles. The van der Waals surface area contributed by atoms with Gasteiger partial charge in [0, 0.05) is 6.08 Å². The summed E-state index contributed by atoms with van der Waals surface area (Å²) in [6.45, 7) is 2.64. The van der Waals surface area contributed by atoms with Crippen LogP contribution in [0.25, 0.3) is 6.08 Å². The third kappa shape index (κ3) is 5.28. The Bertz CT molecular complexity index is 740. The zero-order chi connectivity index (χ0) is 18.1. The Balaban J connectivity index is 2.06. The van der Waals surface area contributed by atoms with Gasteiger partial charge in [-0.2, -0.15) is 0 Å². The molecule has 0 saturated carbocycles. The molecule has 0 aliphatic rings. The second-order valence-electron chi connectivity index (χ2n) is 5.28. The Morgan fingerprint density at radius 2 is 1.80 bits per heavy atom. The molecule has 0 heterocycles. The summed E-state index contributed by atoms with van der Waals surface area (Å²) < 4.78 is 16.1. The average Bonchev–Trinajstić information content (AvgIpc) is 2.65. The predicted octanol–water partition coefficient (Wildman–Crippen LogP) is 4.14. The first-order valence-electron chi connectivity index (χ1n) is 8.10. The SMILES string of the molecule is CCCOc1ccccc1NC(=O)C=Cc1ccc(OC)c(OC)c1. The van der Waals surface area contributed by atoms with Gasteiger partial charge < -0.3 is 19.5 Å². The number of methoxy groups -OCH3 is 2. The molecule has 5 nitrogen and oxygen atoms in total. The molecule has 2 aromatic rings. The van der Waals surface area contributed by atoms with Crippen molar-refractivity contribution in [1.29, 1.82) is 0 Å². The minimum atomic E-state index is -0.234. The van der Waals surface area contributed by atoms with Gasteiger partial charge in [0.2, 0.25) is 5.91 Å². The second kappa shape index (κ2) is 9.37. The Morgan fingerprint density at radius 3 is 2.52 bits per heavy atom. The van der Waals surface area contributed by atoms with Crippen LogP contribution in [-0.4, -0.2) is 26.7 Å². The average molecular weight is 341 g/mol. The van der Waals surface area contributed by atoms with E-state index in [-0.39, 0.29) is 5.91 Å². The molecule has 0 aliphatic carbocycles. The van der Waals surface area contributed by atoms with E-state index < -0.39 is 0 Å². The maximum absolute atomic E-state index is 12.2. The number of nitrogens with one attached hydrogen (secondary N) is 1. The highest BCUT2D eigenvalue weighted by Gasteiger charge is 2.06. The molecule has 2 rings (SSSR count). The van der Waals surface area contributed by atoms with Crippen LogP contribution in [0.1, 0.15) is 18.9 Å². The molecule has 1 amide bonds. The molecule has 0 aliphatic heterocycles. The van der Waals surface area contributed by atoms with Crippen molar-refractivity contribution in [2.45, 2.75) is 13.3 Å². The quantitative estimate of drug-likeness (QED) is 0.733. The lowest BCUT2D eigenvalue weighted by molar-refractivity contribution is -0.111. The molecule has 0 saturated heterocycles. The third-order valence-electron chi connectivity index (χ3n) is 3.44. The Labute approximate surface area is 148 Å². The lowest BCUT2D eigenvalue weighted by atomic mass is 10.2. The standard InChI is InChI=1S/C20H23NO4/c1-4-13-25-17-8-6-5-7-16(17)21-20(22)12-10-15-9-11-18(23-2)19(14-15)24-3/h5-12,14H,4,13H2,1-3H3,(H,21,22). The first-order valence-corrected chi connectivity index (χ1v) is 8.10. The molecular weight excluding hydrogens is 318 g/mol. The fourth-order valence-corrected chi connectivity index (χ4v) is 2.21. The Morgan fingerprint density at radius 1 is 1.04 bits per heavy atom. The maximum Gasteiger partial charge on any atom is 0.248 e. The van der Waals surface area contributed by atoms with Crippen molar-refractivity contribution < 1.29 is 19.0 Å². The number of ether oxygens (including phenoxy) is 3. The number of amides is 1. The van der Waals surface area contributed by atoms with Crippen molar-refractivity contribution in [3.8, 4) is 17.2 Å². The fraction of sp³-hybridized carbons (Fsp3) is 0.250. The summed E-state index contributed by atoms with van der Waals surface area (Å²) in [5.41, 5.74) is 1.49. The number of rotatable bonds is 8. The summed E-state index contributed by atoms with van der Waals surface area (Å²) in [7, 11) is 3.16. The van der Waals surface area contributed by atoms with E-state index >= 15 is 0 Å². The third-order valence-corrected chi connectivity index (χ3v) is 3.44. The number of carbonyl (C=O) groups is 1. The first kappa shape index (κ1) is 18.4. The number of anilines is 1. The highest BCUT2D eigenvalue weighted by Crippen LogP contribution is 2.28. The molecule has 132 valence electrons. The molecule has 0 spiro atoms. The summed E-state index contributed by atoms with van der Waals surface area (Å²) in [5, 5.41) is 2.83. The number of hydrogen-bond donors (Lipinski definition) is 1. The molecule has 0 aromatic heterocycles. The summed E-state index contributed by atoms with van der Waals surface area (Å²) in [5.74, 6) is 1.69. The Hall–Kier alpha value is -2.95. The van der Waals surface area contributed by atoms with Crippen molar-refractivity contribution >= 4 is 17.7 Å². The zero-order valence-corrected chi connectivity index (χ0v) is 14.7. The second-order valence-corrected chi connectivity index (χ2v) is 5.28. The summed E-state index contributed by atoms with van der Waals surface area (Å²) in [6, 6.07) is 12.8. The van der Waals surface area contributed by atoms with Gasteiger partial charge in [0.1, 0.15) is 5.75 Å². The number of benzene rings is 2. The summed E-state index contributed by atoms with van der Waals surface area (Å²) in [4.78, 5) is 12.2. The van der Waals surface area contributed by atoms with Crippen LogP contribution in [0.4, 0.5) is 5.69 Å². The van der Waals surface area contributed by atoms with Crippen molar-refractivity contribution in [1.82, 2.24) is 0 Å². The largest absolute Gasteiger partial charge is 0.493 e. The van der Waals surface area contributed by atoms with E-state index in [9.17, 15) is 4.79 Å². The molecule has 0 radical (unpaired) electrons. The van der Waals surface area contributed by atoms with Gasteiger partial charge in [-0.05, 0) is 42.3 Å². The van der Waals surface area contributed by atoms with Gasteiger partial charge in [0.25, 0.3) is 0 Å². The van der Waals surface area contributed by atoms with Crippen LogP contribution in [0, 0.1) is 0 Å². The Kier molecular flexibility index (Phi) is 6.89. The minimum absolute atomic E-state index is 0.234. The van der Waals surface area contributed by atoms with E-state index in [4.69, 9.17) is 14.2 Å². The van der Waals surface area contributed by atoms with Crippen LogP contribution < -0.4 is 19.5 Å². The maximum atomic E-state index is 12.2. The molecule has 0 unspecified atom stereocenters. The van der Waals surface area contributed by atoms with Crippen molar-refractivity contribution in [3.63, 3.8) is 0 Å². The van der Waals surface area contributed by atoms with Gasteiger partial charge in [-0.25, -0.2) is 0 Å². The fourth-order valence-electron chi connectivity index (χ4n) is 2.21. The van der Waals surface area contributed by atoms with E-state index in [1.807, 2.05) is 37.3 Å². The molecule has 5 heteroatoms. The van der Waals surface area contributed by atoms with Gasteiger partial charge in [-0.1, -0.05) is 25.1 Å². The van der Waals surface area contributed by atoms with E-state index in [1.54, 1.807) is 32.4 Å². The van der Waals surface area contributed by atoms with Crippen LogP contribution in [0.2, 0.25) is 0 Å². The summed E-state index contributed by atoms with van der Waals surface area (Å²) >= 11 is 0. The van der Waals surface area contributed by atoms with Gasteiger partial charge in [0.15, 0.2) is 11.5 Å². The lowest BCUT2D eigenvalue weighted by Gasteiger charge is -2.10. The van der Waals surface area contributed by atoms with Crippen molar-refractivity contribution in [3.05, 3.63) is 54.1 Å². The van der Waals surface area contributed by atoms with Gasteiger partial charge in [-0.3, -0.25) is 4.79 Å². The molecule has 1 N–H and O–H groups in total. The van der Waals surface area contributed by atoms with Crippen molar-refractivity contribution in [2.75, 3.05) is 26.1 Å². The predicted molar refractivity (Wildman–Crippen MR) is 99.4 cm³/mol. The van der Waals surface area contributed by atoms with E-state index in [2.05, 4.69) is 5.32 Å². The van der Waals surface area contributed by atoms with E-state index in [0.29, 0.717) is 29.5 Å². The topological polar surface area (TPSA) is 56.8 Å². The van der Waals surface area contributed by atoms with Gasteiger partial charge in [0.05, 0.1) is 26.5 Å². The number of para-hydroxylation sites is 2. The van der Waals surface area contributed by atoms with Crippen molar-refractivity contribution in [2.24, 2.45) is 0 Å². The van der Waals surface area contributed by atoms with Crippen LogP contribution in [0.3, 0.4) is 0 Å². The van der Waals surface area contributed by atoms with Crippen LogP contribution in [0.5, 0.6) is 17.2 Å². The zero-order valence-electron chi connectivity index (χ0n) is 14.7. The van der Waals surface area contributed by atoms with Crippen LogP contribution in [-0.2, 0) is 4.79 Å². The number of carbonyl (C=O) groups excluding carboxylic acids is 1. The molecular formula is C20H23NO4. The smallest absolute Gasteiger partial charge is 0.248 e. The first-order chi connectivity index (χ1) is 12.2. The van der Waals surface area contributed by atoms with E-state index in [1.165, 1.54) is 6.08 Å². The number of hydrogen-bond acceptors (Lipinski definition) is 4. The van der Waals surface area contributed by atoms with Crippen LogP contribution >= 0.6 is 0 Å². The summed E-state index contributed by atoms with van der Waals surface area (Å²) in [6.07, 6.45) is 4.09. The van der Waals surface area contributed by atoms with Gasteiger partial charge >= 0.3 is 0 Å². The normalized spacial score (nSPS) is 10.5. The molecule has 0 bridgehead atoms. The van der Waals surface area contributed by atoms with E-state index in [0.717, 1.165) is 12.0 Å². The highest BCUT2D eigenvalue weighted by atomic mass is 16.5. The minimum Gasteiger partial charge on any atom is -0.493 e. The monoisotopic (exact) mass is 341 g/mol. The highest BCUT2D eigenvalue weighted by molar-refractivity contribution is 6.02. The molecule has 0 fully saturated rings.